The molecule has 0 spiro atoms. The second kappa shape index (κ2) is 10.1. The Kier molecular flexibility index (Phi) is 7.86. The molecule has 0 aromatic carbocycles. The summed E-state index contributed by atoms with van der Waals surface area (Å²) in [7, 11) is 2.00. The first-order valence-electron chi connectivity index (χ1n) is 9.46. The van der Waals surface area contributed by atoms with Crippen molar-refractivity contribution in [3.05, 3.63) is 53.1 Å². The normalized spacial score (nSPS) is 11.2. The van der Waals surface area contributed by atoms with Gasteiger partial charge in [0.15, 0.2) is 0 Å². The zero-order valence-corrected chi connectivity index (χ0v) is 15.8. The molecule has 0 saturated carbocycles. The Morgan fingerprint density at radius 2 is 1.88 bits per heavy atom. The van der Waals surface area contributed by atoms with Crippen LogP contribution in [0.5, 0.6) is 0 Å². The molecule has 2 heterocycles. The molecular formula is C21H31N3O. The predicted octanol–water partition coefficient (Wildman–Crippen LogP) is 4.48. The highest BCUT2D eigenvalue weighted by Crippen LogP contribution is 2.20. The number of aromatic amines is 1. The number of H-pyrrole nitrogens is 1. The van der Waals surface area contributed by atoms with E-state index in [1.165, 1.54) is 25.7 Å². The van der Waals surface area contributed by atoms with Crippen LogP contribution in [0.1, 0.15) is 79.3 Å². The fourth-order valence-corrected chi connectivity index (χ4v) is 2.98. The zero-order valence-electron chi connectivity index (χ0n) is 15.8. The molecule has 0 radical (unpaired) electrons. The molecule has 0 saturated heterocycles. The molecule has 2 rings (SSSR count). The third-order valence-electron chi connectivity index (χ3n) is 4.51. The van der Waals surface area contributed by atoms with Gasteiger partial charge in [-0.3, -0.25) is 9.78 Å². The molecule has 0 amide bonds. The number of hydrogen-bond acceptors (Lipinski definition) is 3. The number of unbranched alkanes of at least 4 members (excludes halogenated alkanes) is 4. The van der Waals surface area contributed by atoms with E-state index in [9.17, 15) is 4.79 Å². The Bertz CT molecular complexity index is 647. The van der Waals surface area contributed by atoms with Gasteiger partial charge in [-0.15, -0.1) is 0 Å². The zero-order chi connectivity index (χ0) is 18.1. The topological polar surface area (TPSA) is 57.8 Å². The van der Waals surface area contributed by atoms with E-state index in [4.69, 9.17) is 4.98 Å². The van der Waals surface area contributed by atoms with Crippen LogP contribution >= 0.6 is 0 Å². The first-order chi connectivity index (χ1) is 12.1. The largest absolute Gasteiger partial charge is 0.359 e. The Hall–Kier alpha value is -1.94. The molecule has 4 heteroatoms. The first kappa shape index (κ1) is 19.4. The van der Waals surface area contributed by atoms with Crippen molar-refractivity contribution in [3.63, 3.8) is 0 Å². The molecule has 0 aliphatic rings. The van der Waals surface area contributed by atoms with E-state index in [0.717, 1.165) is 36.3 Å². The molecule has 2 aromatic heterocycles. The number of nitrogens with one attached hydrogen (secondary N) is 2. The van der Waals surface area contributed by atoms with E-state index in [-0.39, 0.29) is 5.78 Å². The van der Waals surface area contributed by atoms with Gasteiger partial charge in [0.1, 0.15) is 0 Å². The Labute approximate surface area is 151 Å². The number of carbonyl (C=O) groups excluding carboxylic acids is 1. The van der Waals surface area contributed by atoms with Crippen LogP contribution in [0.25, 0.3) is 0 Å². The summed E-state index contributed by atoms with van der Waals surface area (Å²) in [5.41, 5.74) is 3.38. The minimum absolute atomic E-state index is 0.0387. The van der Waals surface area contributed by atoms with Crippen LogP contribution in [0.4, 0.5) is 0 Å². The van der Waals surface area contributed by atoms with E-state index in [1.54, 1.807) is 6.20 Å². The summed E-state index contributed by atoms with van der Waals surface area (Å²) in [6.45, 7) is 5.37. The number of rotatable bonds is 11. The van der Waals surface area contributed by atoms with Gasteiger partial charge < -0.3 is 10.3 Å². The van der Waals surface area contributed by atoms with Gasteiger partial charge in [0.05, 0.1) is 11.4 Å². The highest BCUT2D eigenvalue weighted by molar-refractivity contribution is 6.08. The number of carbonyl (C=O) groups is 1. The van der Waals surface area contributed by atoms with E-state index in [2.05, 4.69) is 24.1 Å². The Morgan fingerprint density at radius 3 is 2.56 bits per heavy atom. The molecule has 2 N–H and O–H groups in total. The SMILES string of the molecule is CNCCCCCCCc1nc(C(C)C)ccc1C(=O)c1ccc[nH]1. The number of pyridine rings is 1. The highest BCUT2D eigenvalue weighted by atomic mass is 16.1. The second-order valence-electron chi connectivity index (χ2n) is 6.92. The van der Waals surface area contributed by atoms with Crippen LogP contribution in [-0.4, -0.2) is 29.3 Å². The van der Waals surface area contributed by atoms with Gasteiger partial charge in [0.2, 0.25) is 5.78 Å². The Morgan fingerprint density at radius 1 is 1.12 bits per heavy atom. The first-order valence-corrected chi connectivity index (χ1v) is 9.46. The van der Waals surface area contributed by atoms with E-state index >= 15 is 0 Å². The maximum absolute atomic E-state index is 12.7. The summed E-state index contributed by atoms with van der Waals surface area (Å²) in [5, 5.41) is 3.18. The molecule has 4 nitrogen and oxygen atoms in total. The maximum Gasteiger partial charge on any atom is 0.210 e. The number of aryl methyl sites for hydroxylation is 1. The maximum atomic E-state index is 12.7. The number of nitrogens with zero attached hydrogens (tertiary/aromatic N) is 1. The van der Waals surface area contributed by atoms with Gasteiger partial charge in [0, 0.05) is 17.5 Å². The van der Waals surface area contributed by atoms with E-state index < -0.39 is 0 Å². The summed E-state index contributed by atoms with van der Waals surface area (Å²) >= 11 is 0. The summed E-state index contributed by atoms with van der Waals surface area (Å²) in [4.78, 5) is 20.6. The lowest BCUT2D eigenvalue weighted by Crippen LogP contribution is -2.10. The monoisotopic (exact) mass is 341 g/mol. The lowest BCUT2D eigenvalue weighted by atomic mass is 9.99. The molecule has 25 heavy (non-hydrogen) atoms. The second-order valence-corrected chi connectivity index (χ2v) is 6.92. The summed E-state index contributed by atoms with van der Waals surface area (Å²) in [6, 6.07) is 7.62. The smallest absolute Gasteiger partial charge is 0.210 e. The van der Waals surface area contributed by atoms with E-state index in [1.807, 2.05) is 31.3 Å². The van der Waals surface area contributed by atoms with Crippen LogP contribution in [0, 0.1) is 0 Å². The van der Waals surface area contributed by atoms with Gasteiger partial charge in [-0.2, -0.15) is 0 Å². The van der Waals surface area contributed by atoms with Crippen molar-refractivity contribution in [1.29, 1.82) is 0 Å². The minimum atomic E-state index is 0.0387. The van der Waals surface area contributed by atoms with Gasteiger partial charge in [-0.25, -0.2) is 0 Å². The fourth-order valence-electron chi connectivity index (χ4n) is 2.98. The quantitative estimate of drug-likeness (QED) is 0.468. The molecule has 136 valence electrons. The highest BCUT2D eigenvalue weighted by Gasteiger charge is 2.16. The molecule has 0 bridgehead atoms. The van der Waals surface area contributed by atoms with Crippen molar-refractivity contribution >= 4 is 5.78 Å². The molecule has 0 unspecified atom stereocenters. The summed E-state index contributed by atoms with van der Waals surface area (Å²) in [5.74, 6) is 0.409. The number of hydrogen-bond donors (Lipinski definition) is 2. The van der Waals surface area contributed by atoms with Gasteiger partial charge in [-0.1, -0.05) is 33.1 Å². The predicted molar refractivity (Wildman–Crippen MR) is 103 cm³/mol. The van der Waals surface area contributed by atoms with Crippen molar-refractivity contribution in [2.45, 2.75) is 58.3 Å². The Balaban J connectivity index is 2.02. The van der Waals surface area contributed by atoms with Gasteiger partial charge in [0.25, 0.3) is 0 Å². The van der Waals surface area contributed by atoms with Crippen molar-refractivity contribution in [3.8, 4) is 0 Å². The molecule has 0 aliphatic heterocycles. The van der Waals surface area contributed by atoms with Crippen LogP contribution in [0.15, 0.2) is 30.5 Å². The third-order valence-corrected chi connectivity index (χ3v) is 4.51. The summed E-state index contributed by atoms with van der Waals surface area (Å²) < 4.78 is 0. The van der Waals surface area contributed by atoms with Crippen molar-refractivity contribution in [2.24, 2.45) is 0 Å². The van der Waals surface area contributed by atoms with Gasteiger partial charge >= 0.3 is 0 Å². The number of ketones is 1. The molecule has 0 atom stereocenters. The van der Waals surface area contributed by atoms with Gasteiger partial charge in [-0.05, 0) is 63.0 Å². The van der Waals surface area contributed by atoms with E-state index in [0.29, 0.717) is 11.6 Å². The average Bonchev–Trinajstić information content (AvgIpc) is 3.15. The summed E-state index contributed by atoms with van der Waals surface area (Å²) in [6.07, 6.45) is 8.66. The minimum Gasteiger partial charge on any atom is -0.359 e. The molecular weight excluding hydrogens is 310 g/mol. The average molecular weight is 341 g/mol. The third kappa shape index (κ3) is 5.82. The van der Waals surface area contributed by atoms with Crippen LogP contribution in [0.2, 0.25) is 0 Å². The lowest BCUT2D eigenvalue weighted by molar-refractivity contribution is 0.103. The molecule has 0 fully saturated rings. The van der Waals surface area contributed by atoms with Crippen LogP contribution in [0.3, 0.4) is 0 Å². The van der Waals surface area contributed by atoms with Crippen molar-refractivity contribution < 1.29 is 4.79 Å². The fraction of sp³-hybridized carbons (Fsp3) is 0.524. The van der Waals surface area contributed by atoms with Crippen LogP contribution < -0.4 is 5.32 Å². The van der Waals surface area contributed by atoms with Crippen molar-refractivity contribution in [1.82, 2.24) is 15.3 Å². The standard InChI is InChI=1S/C21H31N3O/c1-16(2)18-13-12-17(21(25)20-11-9-15-23-20)19(24-18)10-7-5-4-6-8-14-22-3/h9,11-13,15-16,22-23H,4-8,10,14H2,1-3H3. The van der Waals surface area contributed by atoms with Crippen LogP contribution in [-0.2, 0) is 6.42 Å². The molecule has 0 aliphatic carbocycles. The molecule has 2 aromatic rings. The number of aromatic nitrogens is 2. The lowest BCUT2D eigenvalue weighted by Gasteiger charge is -2.12. The van der Waals surface area contributed by atoms with Crippen molar-refractivity contribution in [2.75, 3.05) is 13.6 Å².